The topological polar surface area (TPSA) is 222 Å². The lowest BCUT2D eigenvalue weighted by molar-refractivity contribution is -0.149. The number of nitrogens with one attached hydrogen (secondary N) is 1. The van der Waals surface area contributed by atoms with E-state index in [2.05, 4.69) is 20.0 Å². The number of hydrogen-bond donors (Lipinski definition) is 5. The minimum Gasteiger partial charge on any atom is -0.462 e. The van der Waals surface area contributed by atoms with Crippen molar-refractivity contribution >= 4 is 48.2 Å². The van der Waals surface area contributed by atoms with Crippen LogP contribution in [0.25, 0.3) is 11.2 Å². The quantitative estimate of drug-likeness (QED) is 0.0878. The predicted octanol–water partition coefficient (Wildman–Crippen LogP) is 1.51. The molecule has 4 unspecified atom stereocenters. The first kappa shape index (κ1) is 31.8. The van der Waals surface area contributed by atoms with E-state index < -0.39 is 56.5 Å². The molecule has 1 aromatic carbocycles. The number of anilines is 2. The standard InChI is InChI=1S/C24H34ClN8O8P/c1-12(2)39-21(35)13(3)31-42(37,41-15-8-6-14(25)7-9-15)38-10-16-18(34)24(4,36)22(40-16)33-11-28-17-19(32(5)27)29-23(26)30-20(17)33/h6-9,11-13,16,18,22,34,36H,10,27H2,1-5H3,(H,31,37)(H2,26,29,30)/t13?,16?,18-,22?,24-,42?/m1/s1. The highest BCUT2D eigenvalue weighted by molar-refractivity contribution is 7.52. The summed E-state index contributed by atoms with van der Waals surface area (Å²) in [5.41, 5.74) is 4.41. The largest absolute Gasteiger partial charge is 0.462 e. The summed E-state index contributed by atoms with van der Waals surface area (Å²) in [5, 5.41) is 26.5. The Bertz CT molecular complexity index is 1470. The van der Waals surface area contributed by atoms with E-state index in [1.54, 1.807) is 20.9 Å². The molecule has 7 N–H and O–H groups in total. The highest BCUT2D eigenvalue weighted by atomic mass is 35.5. The van der Waals surface area contributed by atoms with E-state index in [1.807, 2.05) is 0 Å². The Kier molecular flexibility index (Phi) is 9.30. The van der Waals surface area contributed by atoms with Crippen molar-refractivity contribution in [1.82, 2.24) is 24.6 Å². The van der Waals surface area contributed by atoms with Crippen LogP contribution in [0.2, 0.25) is 5.02 Å². The van der Waals surface area contributed by atoms with Gasteiger partial charge in [0.15, 0.2) is 23.2 Å². The monoisotopic (exact) mass is 628 g/mol. The average molecular weight is 629 g/mol. The second-order valence-corrected chi connectivity index (χ2v) is 12.3. The SMILES string of the molecule is CC(C)OC(=O)C(C)NP(=O)(OCC1OC(n2cnc3c(N(C)N)nc(N)nc32)[C@](C)(O)[C@@H]1O)Oc1ccc(Cl)cc1. The lowest BCUT2D eigenvalue weighted by Gasteiger charge is -2.27. The number of hydrogen-bond acceptors (Lipinski definition) is 14. The smallest absolute Gasteiger partial charge is 0.459 e. The number of aromatic nitrogens is 4. The highest BCUT2D eigenvalue weighted by Crippen LogP contribution is 2.47. The van der Waals surface area contributed by atoms with Crippen LogP contribution < -0.4 is 26.2 Å². The lowest BCUT2D eigenvalue weighted by atomic mass is 9.96. The fourth-order valence-electron chi connectivity index (χ4n) is 4.23. The van der Waals surface area contributed by atoms with Gasteiger partial charge in [-0.2, -0.15) is 15.1 Å². The van der Waals surface area contributed by atoms with Crippen LogP contribution in [0, 0.1) is 0 Å². The minimum absolute atomic E-state index is 0.105. The van der Waals surface area contributed by atoms with Crippen molar-refractivity contribution < 1.29 is 38.1 Å². The van der Waals surface area contributed by atoms with Gasteiger partial charge in [0.1, 0.15) is 29.6 Å². The van der Waals surface area contributed by atoms with Gasteiger partial charge in [-0.3, -0.25) is 18.9 Å². The number of carbonyl (C=O) groups excluding carboxylic acids is 1. The number of nitrogens with two attached hydrogens (primary N) is 2. The molecular formula is C24H34ClN8O8P. The Labute approximate surface area is 246 Å². The molecule has 230 valence electrons. The van der Waals surface area contributed by atoms with Crippen molar-refractivity contribution in [1.29, 1.82) is 0 Å². The first-order valence-corrected chi connectivity index (χ1v) is 14.8. The van der Waals surface area contributed by atoms with Gasteiger partial charge < -0.3 is 29.9 Å². The van der Waals surface area contributed by atoms with Gasteiger partial charge >= 0.3 is 13.7 Å². The molecule has 42 heavy (non-hydrogen) atoms. The van der Waals surface area contributed by atoms with Crippen molar-refractivity contribution in [2.24, 2.45) is 5.84 Å². The third-order valence-corrected chi connectivity index (χ3v) is 8.16. The lowest BCUT2D eigenvalue weighted by Crippen LogP contribution is -2.44. The van der Waals surface area contributed by atoms with Crippen LogP contribution in [0.4, 0.5) is 11.8 Å². The summed E-state index contributed by atoms with van der Waals surface area (Å²) in [7, 11) is -2.77. The van der Waals surface area contributed by atoms with Gasteiger partial charge in [-0.15, -0.1) is 0 Å². The maximum Gasteiger partial charge on any atom is 0.459 e. The molecule has 6 atom stereocenters. The van der Waals surface area contributed by atoms with E-state index in [0.29, 0.717) is 5.02 Å². The highest BCUT2D eigenvalue weighted by Gasteiger charge is 2.54. The zero-order chi connectivity index (χ0) is 31.0. The zero-order valence-corrected chi connectivity index (χ0v) is 25.2. The Hall–Kier alpha value is -3.08. The summed E-state index contributed by atoms with van der Waals surface area (Å²) in [6.07, 6.45) is -3.08. The number of hydrazine groups is 1. The van der Waals surface area contributed by atoms with E-state index in [0.717, 1.165) is 0 Å². The zero-order valence-electron chi connectivity index (χ0n) is 23.5. The molecule has 0 amide bonds. The number of esters is 1. The van der Waals surface area contributed by atoms with E-state index in [1.165, 1.54) is 54.0 Å². The summed E-state index contributed by atoms with van der Waals surface area (Å²) >= 11 is 5.94. The molecule has 18 heteroatoms. The first-order valence-electron chi connectivity index (χ1n) is 12.8. The Morgan fingerprint density at radius 3 is 2.60 bits per heavy atom. The molecule has 1 aliphatic heterocycles. The molecule has 0 spiro atoms. The molecule has 1 aliphatic rings. The number of nitrogen functional groups attached to an aromatic ring is 1. The van der Waals surface area contributed by atoms with E-state index in [4.69, 9.17) is 41.7 Å². The van der Waals surface area contributed by atoms with Crippen molar-refractivity contribution in [3.05, 3.63) is 35.6 Å². The molecule has 0 radical (unpaired) electrons. The van der Waals surface area contributed by atoms with Crippen molar-refractivity contribution in [2.45, 2.75) is 63.9 Å². The second-order valence-electron chi connectivity index (χ2n) is 10.2. The van der Waals surface area contributed by atoms with Crippen molar-refractivity contribution in [3.8, 4) is 5.75 Å². The van der Waals surface area contributed by atoms with E-state index in [9.17, 15) is 19.6 Å². The fourth-order valence-corrected chi connectivity index (χ4v) is 5.86. The van der Waals surface area contributed by atoms with Crippen LogP contribution in [0.5, 0.6) is 5.75 Å². The molecule has 4 rings (SSSR count). The first-order chi connectivity index (χ1) is 19.6. The summed E-state index contributed by atoms with van der Waals surface area (Å²) in [6, 6.07) is 4.85. The fraction of sp³-hybridized carbons (Fsp3) is 0.500. The predicted molar refractivity (Wildman–Crippen MR) is 152 cm³/mol. The summed E-state index contributed by atoms with van der Waals surface area (Å²) in [4.78, 5) is 25.0. The molecular weight excluding hydrogens is 595 g/mol. The Morgan fingerprint density at radius 1 is 1.31 bits per heavy atom. The number of ether oxygens (including phenoxy) is 2. The molecule has 0 aliphatic carbocycles. The molecule has 3 heterocycles. The third-order valence-electron chi connectivity index (χ3n) is 6.27. The number of halogens is 1. The third kappa shape index (κ3) is 6.76. The van der Waals surface area contributed by atoms with Crippen LogP contribution in [0.3, 0.4) is 0 Å². The summed E-state index contributed by atoms with van der Waals surface area (Å²) in [6.45, 7) is 5.59. The number of carbonyl (C=O) groups is 1. The van der Waals surface area contributed by atoms with Crippen molar-refractivity contribution in [3.63, 3.8) is 0 Å². The number of fused-ring (bicyclic) bond motifs is 1. The molecule has 0 saturated carbocycles. The minimum atomic E-state index is -4.32. The van der Waals surface area contributed by atoms with Gasteiger partial charge in [0.25, 0.3) is 0 Å². The second kappa shape index (κ2) is 12.3. The maximum atomic E-state index is 13.9. The Balaban J connectivity index is 1.58. The molecule has 0 bridgehead atoms. The number of rotatable bonds is 11. The number of imidazole rings is 1. The van der Waals surface area contributed by atoms with Crippen LogP contribution in [-0.4, -0.2) is 79.3 Å². The average Bonchev–Trinajstić information content (AvgIpc) is 3.40. The molecule has 3 aromatic rings. The summed E-state index contributed by atoms with van der Waals surface area (Å²) < 4.78 is 37.7. The van der Waals surface area contributed by atoms with Gasteiger partial charge in [0, 0.05) is 12.1 Å². The number of nitrogens with zero attached hydrogens (tertiary/aromatic N) is 5. The number of aliphatic hydroxyl groups is 2. The van der Waals surface area contributed by atoms with E-state index in [-0.39, 0.29) is 28.7 Å². The van der Waals surface area contributed by atoms with Gasteiger partial charge in [0.05, 0.1) is 19.0 Å². The van der Waals surface area contributed by atoms with Crippen LogP contribution in [0.1, 0.15) is 33.9 Å². The van der Waals surface area contributed by atoms with Crippen LogP contribution >= 0.6 is 19.3 Å². The van der Waals surface area contributed by atoms with E-state index >= 15 is 0 Å². The van der Waals surface area contributed by atoms with Crippen LogP contribution in [-0.2, 0) is 23.4 Å². The number of benzene rings is 1. The Morgan fingerprint density at radius 2 is 1.98 bits per heavy atom. The van der Waals surface area contributed by atoms with Crippen LogP contribution in [0.15, 0.2) is 30.6 Å². The van der Waals surface area contributed by atoms with Gasteiger partial charge in [-0.05, 0) is 52.0 Å². The summed E-state index contributed by atoms with van der Waals surface area (Å²) in [5.74, 6) is 5.41. The number of aliphatic hydroxyl groups excluding tert-OH is 1. The van der Waals surface area contributed by atoms with Crippen molar-refractivity contribution in [2.75, 3.05) is 24.4 Å². The molecule has 1 fully saturated rings. The van der Waals surface area contributed by atoms with Gasteiger partial charge in [0.2, 0.25) is 5.95 Å². The van der Waals surface area contributed by atoms with Gasteiger partial charge in [-0.1, -0.05) is 11.6 Å². The maximum absolute atomic E-state index is 13.9. The molecule has 16 nitrogen and oxygen atoms in total. The van der Waals surface area contributed by atoms with Gasteiger partial charge in [-0.25, -0.2) is 15.4 Å². The normalized spacial score (nSPS) is 24.5. The molecule has 2 aromatic heterocycles. The molecule has 1 saturated heterocycles.